The van der Waals surface area contributed by atoms with Gasteiger partial charge in [-0.25, -0.2) is 4.79 Å². The summed E-state index contributed by atoms with van der Waals surface area (Å²) in [4.78, 5) is 37.6. The topological polar surface area (TPSA) is 100 Å². The van der Waals surface area contributed by atoms with E-state index in [0.717, 1.165) is 49.1 Å². The maximum Gasteiger partial charge on any atom is 0.318 e. The highest BCUT2D eigenvalue weighted by molar-refractivity contribution is 5.79. The average Bonchev–Trinajstić information content (AvgIpc) is 3.09. The molecule has 270 valence electrons. The lowest BCUT2D eigenvalue weighted by Crippen LogP contribution is -2.53. The first-order valence-electron chi connectivity index (χ1n) is 17.1. The van der Waals surface area contributed by atoms with Gasteiger partial charge in [0.25, 0.3) is 5.91 Å². The number of carbonyl (C=O) groups is 3. The zero-order chi connectivity index (χ0) is 36.6. The number of hydrogen-bond donors (Lipinski definition) is 2. The van der Waals surface area contributed by atoms with Crippen LogP contribution in [0.1, 0.15) is 48.9 Å². The van der Waals surface area contributed by atoms with E-state index < -0.39 is 0 Å². The van der Waals surface area contributed by atoms with Crippen molar-refractivity contribution in [1.29, 1.82) is 0 Å². The van der Waals surface area contributed by atoms with Gasteiger partial charge >= 0.3 is 6.03 Å². The highest BCUT2D eigenvalue weighted by Gasteiger charge is 2.27. The van der Waals surface area contributed by atoms with Crippen molar-refractivity contribution in [2.24, 2.45) is 5.92 Å². The van der Waals surface area contributed by atoms with Crippen LogP contribution in [0.25, 0.3) is 0 Å². The van der Waals surface area contributed by atoms with E-state index in [4.69, 9.17) is 9.47 Å². The predicted molar refractivity (Wildman–Crippen MR) is 200 cm³/mol. The number of carbonyl (C=O) groups excluding carboxylic acids is 3. The van der Waals surface area contributed by atoms with E-state index >= 15 is 0 Å². The molecule has 0 aromatic heterocycles. The van der Waals surface area contributed by atoms with Crippen molar-refractivity contribution < 1.29 is 23.9 Å². The Balaban J connectivity index is 0.000000370. The standard InChI is InChI=1S/C17H28N2O3.C9H16N2O2.2C7H8/c1-13-7-6-8-14(2)17(13)22-12-16(20)19(4)11-15(21-5)9-10-18-3;1-7(2)8(6-12)11-5-3-4-10-9(11)13;2*1-7-5-3-2-4-6-7/h6-8,15,18H,9-12H2,1-5H3;6-8H,3-5H2,1-2H3,(H,10,13);2*2-6H,1H3. The Morgan fingerprint density at radius 2 is 1.49 bits per heavy atom. The molecule has 1 heterocycles. The predicted octanol–water partition coefficient (Wildman–Crippen LogP) is 6.38. The molecule has 3 amide bonds. The van der Waals surface area contributed by atoms with Crippen LogP contribution in [0.4, 0.5) is 4.79 Å². The maximum atomic E-state index is 12.2. The van der Waals surface area contributed by atoms with Crippen LogP contribution in [0.2, 0.25) is 0 Å². The molecule has 9 heteroatoms. The maximum absolute atomic E-state index is 12.2. The summed E-state index contributed by atoms with van der Waals surface area (Å²) in [6.07, 6.45) is 2.67. The summed E-state index contributed by atoms with van der Waals surface area (Å²) < 4.78 is 11.1. The molecule has 1 aliphatic rings. The highest BCUT2D eigenvalue weighted by Crippen LogP contribution is 2.22. The Morgan fingerprint density at radius 1 is 0.939 bits per heavy atom. The first-order valence-corrected chi connectivity index (χ1v) is 17.1. The fourth-order valence-corrected chi connectivity index (χ4v) is 4.86. The van der Waals surface area contributed by atoms with Gasteiger partial charge in [0.15, 0.2) is 6.61 Å². The summed E-state index contributed by atoms with van der Waals surface area (Å²) in [7, 11) is 5.35. The lowest BCUT2D eigenvalue weighted by Gasteiger charge is -2.33. The smallest absolute Gasteiger partial charge is 0.318 e. The highest BCUT2D eigenvalue weighted by atomic mass is 16.5. The molecule has 1 aliphatic heterocycles. The summed E-state index contributed by atoms with van der Waals surface area (Å²) >= 11 is 0. The van der Waals surface area contributed by atoms with Crippen molar-refractivity contribution in [2.45, 2.75) is 66.5 Å². The van der Waals surface area contributed by atoms with E-state index in [-0.39, 0.29) is 36.6 Å². The molecule has 3 aromatic rings. The van der Waals surface area contributed by atoms with Crippen LogP contribution in [0.15, 0.2) is 78.9 Å². The minimum atomic E-state index is -0.278. The molecular formula is C40H60N4O5. The molecule has 2 atom stereocenters. The summed E-state index contributed by atoms with van der Waals surface area (Å²) in [6, 6.07) is 26.1. The molecule has 1 fully saturated rings. The largest absolute Gasteiger partial charge is 0.483 e. The van der Waals surface area contributed by atoms with Gasteiger partial charge in [0.05, 0.1) is 12.1 Å². The lowest BCUT2D eigenvalue weighted by molar-refractivity contribution is -0.133. The Kier molecular flexibility index (Phi) is 21.7. The fourth-order valence-electron chi connectivity index (χ4n) is 4.86. The molecule has 4 rings (SSSR count). The molecule has 2 unspecified atom stereocenters. The van der Waals surface area contributed by atoms with Crippen molar-refractivity contribution in [3.05, 3.63) is 101 Å². The number of nitrogens with zero attached hydrogens (tertiary/aromatic N) is 2. The van der Waals surface area contributed by atoms with Crippen molar-refractivity contribution >= 4 is 18.2 Å². The van der Waals surface area contributed by atoms with Gasteiger partial charge in [-0.15, -0.1) is 0 Å². The molecule has 0 saturated carbocycles. The van der Waals surface area contributed by atoms with Crippen LogP contribution in [-0.2, 0) is 14.3 Å². The molecule has 3 aromatic carbocycles. The van der Waals surface area contributed by atoms with Crippen LogP contribution in [-0.4, -0.2) is 94.2 Å². The van der Waals surface area contributed by atoms with Crippen LogP contribution in [0, 0.1) is 33.6 Å². The molecule has 0 aliphatic carbocycles. The number of aryl methyl sites for hydroxylation is 4. The number of aldehydes is 1. The van der Waals surface area contributed by atoms with Gasteiger partial charge in [0.2, 0.25) is 0 Å². The number of amides is 3. The first-order chi connectivity index (χ1) is 23.4. The van der Waals surface area contributed by atoms with E-state index in [1.165, 1.54) is 11.1 Å². The first kappa shape index (κ1) is 42.8. The zero-order valence-corrected chi connectivity index (χ0v) is 31.2. The second-order valence-corrected chi connectivity index (χ2v) is 12.5. The van der Waals surface area contributed by atoms with E-state index in [1.54, 1.807) is 24.0 Å². The van der Waals surface area contributed by atoms with Gasteiger partial charge in [-0.05, 0) is 71.2 Å². The fraction of sp³-hybridized carbons (Fsp3) is 0.475. The number of nitrogens with one attached hydrogen (secondary N) is 2. The second kappa shape index (κ2) is 24.9. The summed E-state index contributed by atoms with van der Waals surface area (Å²) in [5, 5.41) is 5.82. The Labute approximate surface area is 295 Å². The van der Waals surface area contributed by atoms with Crippen molar-refractivity contribution in [1.82, 2.24) is 20.4 Å². The number of likely N-dealkylation sites (N-methyl/N-ethyl adjacent to an activating group) is 1. The average molecular weight is 677 g/mol. The van der Waals surface area contributed by atoms with Crippen LogP contribution in [0.3, 0.4) is 0 Å². The second-order valence-electron chi connectivity index (χ2n) is 12.5. The third-order valence-electron chi connectivity index (χ3n) is 7.88. The number of methoxy groups -OCH3 is 1. The third-order valence-corrected chi connectivity index (χ3v) is 7.88. The van der Waals surface area contributed by atoms with Gasteiger partial charge < -0.3 is 34.7 Å². The molecule has 0 radical (unpaired) electrons. The summed E-state index contributed by atoms with van der Waals surface area (Å²) in [6.45, 7) is 14.9. The normalized spacial score (nSPS) is 13.2. The number of para-hydroxylation sites is 1. The quantitative estimate of drug-likeness (QED) is 0.216. The number of ether oxygens (including phenoxy) is 2. The number of benzene rings is 3. The molecule has 9 nitrogen and oxygen atoms in total. The van der Waals surface area contributed by atoms with Crippen LogP contribution >= 0.6 is 0 Å². The third kappa shape index (κ3) is 17.7. The summed E-state index contributed by atoms with van der Waals surface area (Å²) in [5.74, 6) is 0.929. The van der Waals surface area contributed by atoms with Gasteiger partial charge in [-0.2, -0.15) is 0 Å². The minimum Gasteiger partial charge on any atom is -0.483 e. The van der Waals surface area contributed by atoms with Crippen molar-refractivity contribution in [3.8, 4) is 5.75 Å². The van der Waals surface area contributed by atoms with E-state index in [9.17, 15) is 14.4 Å². The Bertz CT molecular complexity index is 1280. The summed E-state index contributed by atoms with van der Waals surface area (Å²) in [5.41, 5.74) is 4.73. The van der Waals surface area contributed by atoms with Crippen LogP contribution in [0.5, 0.6) is 5.75 Å². The number of rotatable bonds is 12. The molecule has 1 saturated heterocycles. The van der Waals surface area contributed by atoms with Gasteiger partial charge in [-0.1, -0.05) is 104 Å². The van der Waals surface area contributed by atoms with E-state index in [0.29, 0.717) is 13.1 Å². The zero-order valence-electron chi connectivity index (χ0n) is 31.2. The molecule has 49 heavy (non-hydrogen) atoms. The van der Waals surface area contributed by atoms with Gasteiger partial charge in [-0.3, -0.25) is 4.79 Å². The number of urea groups is 1. The van der Waals surface area contributed by atoms with Crippen molar-refractivity contribution in [3.63, 3.8) is 0 Å². The van der Waals surface area contributed by atoms with Crippen LogP contribution < -0.4 is 15.4 Å². The van der Waals surface area contributed by atoms with Gasteiger partial charge in [0, 0.05) is 33.8 Å². The SMILES string of the molecule is CC(C)C(C=O)N1CCCNC1=O.CNCCC(CN(C)C(=O)COc1c(C)cccc1C)OC.Cc1ccccc1.Cc1ccccc1. The minimum absolute atomic E-state index is 0.0293. The monoisotopic (exact) mass is 676 g/mol. The lowest BCUT2D eigenvalue weighted by atomic mass is 10.0. The molecule has 0 spiro atoms. The Morgan fingerprint density at radius 3 is 1.90 bits per heavy atom. The molecular weight excluding hydrogens is 616 g/mol. The van der Waals surface area contributed by atoms with Crippen molar-refractivity contribution in [2.75, 3.05) is 54.0 Å². The molecule has 0 bridgehead atoms. The van der Waals surface area contributed by atoms with Gasteiger partial charge in [0.1, 0.15) is 12.0 Å². The van der Waals surface area contributed by atoms with E-state index in [1.807, 2.05) is 89.3 Å². The Hall–Kier alpha value is -4.21. The van der Waals surface area contributed by atoms with E-state index in [2.05, 4.69) is 48.7 Å². The number of hydrogen-bond acceptors (Lipinski definition) is 6. The molecule has 2 N–H and O–H groups in total.